The lowest BCUT2D eigenvalue weighted by Gasteiger charge is -2.32. The van der Waals surface area contributed by atoms with Gasteiger partial charge in [0, 0.05) is 59.1 Å². The predicted molar refractivity (Wildman–Crippen MR) is 133 cm³/mol. The first-order valence-corrected chi connectivity index (χ1v) is 12.7. The molecule has 196 valence electrons. The van der Waals surface area contributed by atoms with Crippen molar-refractivity contribution in [2.24, 2.45) is 0 Å². The molecule has 0 saturated carbocycles. The van der Waals surface area contributed by atoms with Crippen LogP contribution in [0.4, 0.5) is 4.79 Å². The Morgan fingerprint density at radius 2 is 1.74 bits per heavy atom. The highest BCUT2D eigenvalue weighted by atomic mass is 16.5. The lowest BCUT2D eigenvalue weighted by molar-refractivity contribution is -0.131. The quantitative estimate of drug-likeness (QED) is 0.447. The zero-order valence-corrected chi connectivity index (χ0v) is 21.2. The van der Waals surface area contributed by atoms with Gasteiger partial charge in [-0.2, -0.15) is 0 Å². The first-order chi connectivity index (χ1) is 17.1. The number of likely N-dealkylation sites (tertiary alicyclic amines) is 2. The number of piperidine rings is 1. The van der Waals surface area contributed by atoms with Crippen LogP contribution < -0.4 is 10.1 Å². The smallest absolute Gasteiger partial charge is 0.317 e. The van der Waals surface area contributed by atoms with Crippen molar-refractivity contribution in [1.82, 2.24) is 25.0 Å². The maximum absolute atomic E-state index is 12.7. The number of pyridine rings is 1. The van der Waals surface area contributed by atoms with Crippen molar-refractivity contribution in [1.29, 1.82) is 0 Å². The van der Waals surface area contributed by atoms with E-state index in [0.717, 1.165) is 43.9 Å². The van der Waals surface area contributed by atoms with Gasteiger partial charge in [0.2, 0.25) is 5.91 Å². The number of carbonyl (C=O) groups excluding carboxylic acids is 2. The van der Waals surface area contributed by atoms with Gasteiger partial charge in [-0.15, -0.1) is 0 Å². The summed E-state index contributed by atoms with van der Waals surface area (Å²) in [7, 11) is 3.18. The number of methoxy groups -OCH3 is 2. The van der Waals surface area contributed by atoms with Gasteiger partial charge in [0.05, 0.1) is 25.5 Å². The van der Waals surface area contributed by atoms with Crippen LogP contribution in [0.2, 0.25) is 0 Å². The van der Waals surface area contributed by atoms with E-state index < -0.39 is 0 Å². The Labute approximate surface area is 208 Å². The van der Waals surface area contributed by atoms with E-state index in [1.54, 1.807) is 19.1 Å². The van der Waals surface area contributed by atoms with Crippen LogP contribution in [0.25, 0.3) is 0 Å². The van der Waals surface area contributed by atoms with E-state index >= 15 is 0 Å². The number of amides is 3. The normalized spacial score (nSPS) is 16.9. The molecule has 0 aromatic carbocycles. The Kier molecular flexibility index (Phi) is 11.5. The van der Waals surface area contributed by atoms with E-state index in [0.29, 0.717) is 46.0 Å². The minimum absolute atomic E-state index is 0.0194. The summed E-state index contributed by atoms with van der Waals surface area (Å²) in [5, 5.41) is 2.74. The molecule has 2 aliphatic heterocycles. The van der Waals surface area contributed by atoms with Gasteiger partial charge in [-0.1, -0.05) is 0 Å². The Hall–Kier alpha value is -2.43. The lowest BCUT2D eigenvalue weighted by Crippen LogP contribution is -2.48. The number of carbonyl (C=O) groups is 2. The Morgan fingerprint density at radius 3 is 2.40 bits per heavy atom. The topological polar surface area (TPSA) is 96.5 Å². The van der Waals surface area contributed by atoms with Gasteiger partial charge >= 0.3 is 6.03 Å². The maximum atomic E-state index is 12.7. The fourth-order valence-electron chi connectivity index (χ4n) is 4.62. The standard InChI is InChI=1S/C25H41N5O5/c1-33-17-15-30(16-18-34-2)25(32)27-20-23(31)29-12-7-21(8-13-29)24-22(6-5-9-26-24)35-19-14-28-10-3-4-11-28/h5-6,9,21H,3-4,7-8,10-20H2,1-2H3,(H,27,32). The molecule has 3 rings (SSSR count). The van der Waals surface area contributed by atoms with Gasteiger partial charge in [0.1, 0.15) is 12.4 Å². The Balaban J connectivity index is 1.43. The molecular formula is C25H41N5O5. The van der Waals surface area contributed by atoms with Crippen LogP contribution in [-0.2, 0) is 14.3 Å². The second-order valence-electron chi connectivity index (χ2n) is 9.07. The van der Waals surface area contributed by atoms with Crippen molar-refractivity contribution >= 4 is 11.9 Å². The molecule has 0 unspecified atom stereocenters. The monoisotopic (exact) mass is 491 g/mol. The molecule has 35 heavy (non-hydrogen) atoms. The van der Waals surface area contributed by atoms with Crippen LogP contribution in [0.5, 0.6) is 5.75 Å². The number of nitrogens with one attached hydrogen (secondary N) is 1. The van der Waals surface area contributed by atoms with Gasteiger partial charge < -0.3 is 29.3 Å². The largest absolute Gasteiger partial charge is 0.490 e. The Morgan fingerprint density at radius 1 is 1.06 bits per heavy atom. The van der Waals surface area contributed by atoms with Crippen LogP contribution in [0.1, 0.15) is 37.3 Å². The molecule has 0 aliphatic carbocycles. The van der Waals surface area contributed by atoms with Gasteiger partial charge in [0.15, 0.2) is 0 Å². The lowest BCUT2D eigenvalue weighted by atomic mass is 9.92. The van der Waals surface area contributed by atoms with E-state index in [-0.39, 0.29) is 24.4 Å². The summed E-state index contributed by atoms with van der Waals surface area (Å²) in [4.78, 5) is 35.7. The molecule has 0 bridgehead atoms. The number of aromatic nitrogens is 1. The molecule has 0 spiro atoms. The van der Waals surface area contributed by atoms with E-state index in [4.69, 9.17) is 14.2 Å². The molecule has 2 saturated heterocycles. The molecule has 3 amide bonds. The van der Waals surface area contributed by atoms with Crippen molar-refractivity contribution in [3.8, 4) is 5.75 Å². The minimum Gasteiger partial charge on any atom is -0.490 e. The number of hydrogen-bond acceptors (Lipinski definition) is 7. The summed E-state index contributed by atoms with van der Waals surface area (Å²) >= 11 is 0. The number of hydrogen-bond donors (Lipinski definition) is 1. The third-order valence-electron chi connectivity index (χ3n) is 6.71. The fourth-order valence-corrected chi connectivity index (χ4v) is 4.62. The van der Waals surface area contributed by atoms with Crippen molar-refractivity contribution in [2.75, 3.05) is 86.4 Å². The van der Waals surface area contributed by atoms with Gasteiger partial charge in [0.25, 0.3) is 0 Å². The van der Waals surface area contributed by atoms with Crippen LogP contribution >= 0.6 is 0 Å². The summed E-state index contributed by atoms with van der Waals surface area (Å²) in [5.74, 6) is 1.05. The summed E-state index contributed by atoms with van der Waals surface area (Å²) in [6, 6.07) is 3.63. The molecule has 0 atom stereocenters. The minimum atomic E-state index is -0.286. The highest BCUT2D eigenvalue weighted by molar-refractivity contribution is 5.84. The highest BCUT2D eigenvalue weighted by Gasteiger charge is 2.27. The first-order valence-electron chi connectivity index (χ1n) is 12.7. The molecule has 1 aromatic rings. The summed E-state index contributed by atoms with van der Waals surface area (Å²) in [5.41, 5.74) is 0.987. The average molecular weight is 492 g/mol. The zero-order chi connectivity index (χ0) is 24.9. The van der Waals surface area contributed by atoms with Crippen LogP contribution in [0.15, 0.2) is 18.3 Å². The second-order valence-corrected chi connectivity index (χ2v) is 9.07. The maximum Gasteiger partial charge on any atom is 0.317 e. The number of ether oxygens (including phenoxy) is 3. The van der Waals surface area contributed by atoms with Gasteiger partial charge in [-0.3, -0.25) is 14.7 Å². The third-order valence-corrected chi connectivity index (χ3v) is 6.71. The average Bonchev–Trinajstić information content (AvgIpc) is 3.41. The van der Waals surface area contributed by atoms with Gasteiger partial charge in [-0.05, 0) is 50.9 Å². The van der Waals surface area contributed by atoms with Crippen molar-refractivity contribution in [3.05, 3.63) is 24.0 Å². The fraction of sp³-hybridized carbons (Fsp3) is 0.720. The molecule has 10 heteroatoms. The number of rotatable bonds is 13. The summed E-state index contributed by atoms with van der Waals surface area (Å²) < 4.78 is 16.3. The molecule has 3 heterocycles. The number of urea groups is 1. The van der Waals surface area contributed by atoms with Crippen LogP contribution in [-0.4, -0.2) is 118 Å². The second kappa shape index (κ2) is 14.9. The summed E-state index contributed by atoms with van der Waals surface area (Å²) in [6.07, 6.45) is 6.02. The van der Waals surface area contributed by atoms with Crippen molar-refractivity contribution < 1.29 is 23.8 Å². The van der Waals surface area contributed by atoms with E-state index in [2.05, 4.69) is 15.2 Å². The first kappa shape index (κ1) is 27.2. The third kappa shape index (κ3) is 8.63. The number of nitrogens with zero attached hydrogens (tertiary/aromatic N) is 4. The Bertz CT molecular complexity index is 773. The zero-order valence-electron chi connectivity index (χ0n) is 21.2. The molecular weight excluding hydrogens is 450 g/mol. The van der Waals surface area contributed by atoms with Crippen LogP contribution in [0.3, 0.4) is 0 Å². The molecule has 10 nitrogen and oxygen atoms in total. The van der Waals surface area contributed by atoms with Crippen LogP contribution in [0, 0.1) is 0 Å². The molecule has 2 aliphatic rings. The highest BCUT2D eigenvalue weighted by Crippen LogP contribution is 2.32. The van der Waals surface area contributed by atoms with Crippen molar-refractivity contribution in [3.63, 3.8) is 0 Å². The molecule has 1 aromatic heterocycles. The summed E-state index contributed by atoms with van der Waals surface area (Å²) in [6.45, 7) is 6.93. The van der Waals surface area contributed by atoms with E-state index in [1.807, 2.05) is 23.2 Å². The molecule has 1 N–H and O–H groups in total. The van der Waals surface area contributed by atoms with Gasteiger partial charge in [-0.25, -0.2) is 4.79 Å². The predicted octanol–water partition coefficient (Wildman–Crippen LogP) is 1.57. The SMILES string of the molecule is COCCN(CCOC)C(=O)NCC(=O)N1CCC(c2ncccc2OCCN2CCCC2)CC1. The van der Waals surface area contributed by atoms with E-state index in [1.165, 1.54) is 12.8 Å². The molecule has 0 radical (unpaired) electrons. The van der Waals surface area contributed by atoms with E-state index in [9.17, 15) is 9.59 Å². The van der Waals surface area contributed by atoms with Crippen molar-refractivity contribution in [2.45, 2.75) is 31.6 Å². The molecule has 2 fully saturated rings.